The number of para-hydroxylation sites is 1. The summed E-state index contributed by atoms with van der Waals surface area (Å²) in [5, 5.41) is 2.64. The van der Waals surface area contributed by atoms with Gasteiger partial charge in [0.2, 0.25) is 0 Å². The number of ether oxygens (including phenoxy) is 1. The summed E-state index contributed by atoms with van der Waals surface area (Å²) in [6, 6.07) is 10.6. The molecule has 0 bridgehead atoms. The second-order valence-corrected chi connectivity index (χ2v) is 7.66. The second kappa shape index (κ2) is 8.75. The van der Waals surface area contributed by atoms with Crippen LogP contribution < -0.4 is 10.2 Å². The van der Waals surface area contributed by atoms with E-state index in [4.69, 9.17) is 4.74 Å². The zero-order chi connectivity index (χ0) is 23.7. The van der Waals surface area contributed by atoms with Gasteiger partial charge in [0.15, 0.2) is 0 Å². The highest BCUT2D eigenvalue weighted by molar-refractivity contribution is 6.11. The van der Waals surface area contributed by atoms with E-state index in [1.54, 1.807) is 24.3 Å². The molecule has 1 aliphatic heterocycles. The van der Waals surface area contributed by atoms with Crippen molar-refractivity contribution < 1.29 is 22.7 Å². The molecule has 0 radical (unpaired) electrons. The Labute approximate surface area is 191 Å². The van der Waals surface area contributed by atoms with E-state index in [0.29, 0.717) is 43.3 Å². The van der Waals surface area contributed by atoms with Crippen molar-refractivity contribution in [2.24, 2.45) is 0 Å². The fraction of sp³-hybridized carbons (Fsp3) is 0.217. The van der Waals surface area contributed by atoms with Gasteiger partial charge in [0.25, 0.3) is 5.91 Å². The second-order valence-electron chi connectivity index (χ2n) is 7.66. The van der Waals surface area contributed by atoms with Gasteiger partial charge in [0, 0.05) is 30.5 Å². The van der Waals surface area contributed by atoms with Gasteiger partial charge < -0.3 is 19.9 Å². The smallest absolute Gasteiger partial charge is 0.378 e. The van der Waals surface area contributed by atoms with E-state index in [9.17, 15) is 18.0 Å². The summed E-state index contributed by atoms with van der Waals surface area (Å²) < 4.78 is 47.4. The van der Waals surface area contributed by atoms with Crippen LogP contribution in [0.4, 0.5) is 24.7 Å². The molecular weight excluding hydrogens is 449 g/mol. The van der Waals surface area contributed by atoms with Gasteiger partial charge >= 0.3 is 6.18 Å². The van der Waals surface area contributed by atoms with E-state index in [1.165, 1.54) is 24.7 Å². The zero-order valence-corrected chi connectivity index (χ0v) is 17.8. The quantitative estimate of drug-likeness (QED) is 0.468. The molecule has 34 heavy (non-hydrogen) atoms. The van der Waals surface area contributed by atoms with Crippen LogP contribution in [0.1, 0.15) is 15.9 Å². The van der Waals surface area contributed by atoms with Gasteiger partial charge in [-0.05, 0) is 36.4 Å². The van der Waals surface area contributed by atoms with Crippen LogP contribution in [-0.4, -0.2) is 52.1 Å². The molecule has 0 aliphatic carbocycles. The number of alkyl halides is 3. The Morgan fingerprint density at radius 1 is 1.12 bits per heavy atom. The summed E-state index contributed by atoms with van der Waals surface area (Å²) >= 11 is 0. The largest absolute Gasteiger partial charge is 0.417 e. The number of rotatable bonds is 4. The highest BCUT2D eigenvalue weighted by Gasteiger charge is 2.35. The van der Waals surface area contributed by atoms with Crippen LogP contribution in [0.2, 0.25) is 0 Å². The first-order chi connectivity index (χ1) is 16.4. The lowest BCUT2D eigenvalue weighted by Crippen LogP contribution is -2.36. The number of amides is 1. The van der Waals surface area contributed by atoms with Crippen molar-refractivity contribution >= 4 is 28.4 Å². The van der Waals surface area contributed by atoms with Gasteiger partial charge in [-0.1, -0.05) is 6.07 Å². The third kappa shape index (κ3) is 4.29. The highest BCUT2D eigenvalue weighted by atomic mass is 19.4. The van der Waals surface area contributed by atoms with Gasteiger partial charge in [-0.25, -0.2) is 15.0 Å². The van der Waals surface area contributed by atoms with Crippen LogP contribution in [0.3, 0.4) is 0 Å². The molecule has 2 N–H and O–H groups in total. The minimum atomic E-state index is -4.59. The number of halogens is 3. The Kier molecular flexibility index (Phi) is 5.62. The lowest BCUT2D eigenvalue weighted by molar-refractivity contribution is -0.137. The number of H-pyrrole nitrogens is 1. The number of hydrogen-bond acceptors (Lipinski definition) is 6. The minimum absolute atomic E-state index is 0.0261. The predicted octanol–water partition coefficient (Wildman–Crippen LogP) is 4.13. The first-order valence-corrected chi connectivity index (χ1v) is 10.5. The number of fused-ring (bicyclic) bond motifs is 1. The molecular formula is C23H19F3N6O2. The van der Waals surface area contributed by atoms with Gasteiger partial charge in [-0.15, -0.1) is 0 Å². The van der Waals surface area contributed by atoms with Crippen LogP contribution >= 0.6 is 0 Å². The fourth-order valence-electron chi connectivity index (χ4n) is 3.88. The molecule has 3 heterocycles. The molecule has 1 aliphatic rings. The number of hydrogen-bond donors (Lipinski definition) is 2. The molecule has 11 heteroatoms. The summed E-state index contributed by atoms with van der Waals surface area (Å²) in [5.74, 6) is -0.162. The first-order valence-electron chi connectivity index (χ1n) is 10.5. The number of benzene rings is 2. The normalized spacial score (nSPS) is 14.4. The third-order valence-electron chi connectivity index (χ3n) is 5.52. The predicted molar refractivity (Wildman–Crippen MR) is 120 cm³/mol. The number of aromatic amines is 1. The Hall–Kier alpha value is -3.99. The zero-order valence-electron chi connectivity index (χ0n) is 17.8. The van der Waals surface area contributed by atoms with Gasteiger partial charge in [-0.3, -0.25) is 4.79 Å². The molecule has 4 aromatic rings. The molecule has 0 atom stereocenters. The number of morpholine rings is 1. The molecule has 1 fully saturated rings. The van der Waals surface area contributed by atoms with Crippen molar-refractivity contribution in [2.75, 3.05) is 36.5 Å². The molecule has 0 spiro atoms. The maximum Gasteiger partial charge on any atom is 0.417 e. The highest BCUT2D eigenvalue weighted by Crippen LogP contribution is 2.39. The van der Waals surface area contributed by atoms with E-state index >= 15 is 0 Å². The van der Waals surface area contributed by atoms with Crippen molar-refractivity contribution in [3.8, 4) is 11.4 Å². The van der Waals surface area contributed by atoms with Gasteiger partial charge in [0.05, 0.1) is 29.9 Å². The average molecular weight is 468 g/mol. The van der Waals surface area contributed by atoms with Crippen molar-refractivity contribution in [1.29, 1.82) is 0 Å². The Morgan fingerprint density at radius 3 is 2.68 bits per heavy atom. The molecule has 8 nitrogen and oxygen atoms in total. The summed E-state index contributed by atoms with van der Waals surface area (Å²) in [4.78, 5) is 29.7. The third-order valence-corrected chi connectivity index (χ3v) is 5.52. The summed E-state index contributed by atoms with van der Waals surface area (Å²) in [6.45, 7) is 1.97. The van der Waals surface area contributed by atoms with Gasteiger partial charge in [-0.2, -0.15) is 13.2 Å². The van der Waals surface area contributed by atoms with Crippen LogP contribution in [0.25, 0.3) is 22.4 Å². The number of carbonyl (C=O) groups excluding carboxylic acids is 1. The van der Waals surface area contributed by atoms with Crippen LogP contribution in [0.15, 0.2) is 55.0 Å². The van der Waals surface area contributed by atoms with E-state index in [1.807, 2.05) is 4.90 Å². The van der Waals surface area contributed by atoms with E-state index in [0.717, 1.165) is 6.07 Å². The number of carbonyl (C=O) groups is 1. The van der Waals surface area contributed by atoms with E-state index < -0.39 is 17.6 Å². The monoisotopic (exact) mass is 468 g/mol. The lowest BCUT2D eigenvalue weighted by atomic mass is 10.0. The molecule has 174 valence electrons. The summed E-state index contributed by atoms with van der Waals surface area (Å²) in [5.41, 5.74) is 0.480. The Morgan fingerprint density at radius 2 is 1.94 bits per heavy atom. The number of anilines is 2. The van der Waals surface area contributed by atoms with Crippen molar-refractivity contribution in [3.63, 3.8) is 0 Å². The molecule has 2 aromatic carbocycles. The number of aromatic nitrogens is 4. The summed E-state index contributed by atoms with van der Waals surface area (Å²) in [6.07, 6.45) is -1.82. The standard InChI is InChI=1S/C23H19F3N6O2/c24-23(25,26)17-12-14(32-8-10-34-11-9-32)4-5-15(17)21-29-18-3-1-2-16(20(18)31-21)22(33)30-19-6-7-27-13-28-19/h1-7,12-13H,8-11H2,(H,29,31)(H,27,28,30,33). The van der Waals surface area contributed by atoms with E-state index in [-0.39, 0.29) is 22.5 Å². The first kappa shape index (κ1) is 21.8. The van der Waals surface area contributed by atoms with Crippen LogP contribution in [-0.2, 0) is 10.9 Å². The van der Waals surface area contributed by atoms with Crippen LogP contribution in [0.5, 0.6) is 0 Å². The molecule has 2 aromatic heterocycles. The molecule has 0 unspecified atom stereocenters. The van der Waals surface area contributed by atoms with Crippen LogP contribution in [0, 0.1) is 0 Å². The average Bonchev–Trinajstić information content (AvgIpc) is 3.28. The van der Waals surface area contributed by atoms with Gasteiger partial charge in [0.1, 0.15) is 23.5 Å². The molecule has 0 saturated carbocycles. The number of imidazole rings is 1. The topological polar surface area (TPSA) is 96.0 Å². The minimum Gasteiger partial charge on any atom is -0.378 e. The Bertz CT molecular complexity index is 1330. The number of nitrogens with one attached hydrogen (secondary N) is 2. The molecule has 5 rings (SSSR count). The van der Waals surface area contributed by atoms with Crippen molar-refractivity contribution in [3.05, 3.63) is 66.1 Å². The molecule has 1 amide bonds. The summed E-state index contributed by atoms with van der Waals surface area (Å²) in [7, 11) is 0. The maximum atomic E-state index is 14.0. The Balaban J connectivity index is 1.54. The van der Waals surface area contributed by atoms with Crippen molar-refractivity contribution in [2.45, 2.75) is 6.18 Å². The lowest BCUT2D eigenvalue weighted by Gasteiger charge is -2.29. The number of nitrogens with zero attached hydrogens (tertiary/aromatic N) is 4. The van der Waals surface area contributed by atoms with Crippen molar-refractivity contribution in [1.82, 2.24) is 19.9 Å². The SMILES string of the molecule is O=C(Nc1ccncn1)c1cccc2[nH]c(-c3ccc(N4CCOCC4)cc3C(F)(F)F)nc12. The fourth-order valence-corrected chi connectivity index (χ4v) is 3.88. The maximum absolute atomic E-state index is 14.0. The molecule has 1 saturated heterocycles. The van der Waals surface area contributed by atoms with E-state index in [2.05, 4.69) is 25.3 Å².